The van der Waals surface area contributed by atoms with Gasteiger partial charge < -0.3 is 30.3 Å². The summed E-state index contributed by atoms with van der Waals surface area (Å²) in [4.78, 5) is 34.4. The zero-order valence-electron chi connectivity index (χ0n) is 17.7. The summed E-state index contributed by atoms with van der Waals surface area (Å²) in [5.41, 5.74) is 2.49. The number of aliphatic carboxylic acids is 1. The van der Waals surface area contributed by atoms with Gasteiger partial charge in [0.2, 0.25) is 5.91 Å². The molecule has 0 spiro atoms. The Kier molecular flexibility index (Phi) is 7.45. The van der Waals surface area contributed by atoms with Crippen LogP contribution in [0.25, 0.3) is 11.1 Å². The molecule has 2 aromatic rings. The normalized spacial score (nSPS) is 14.1. The Hall–Kier alpha value is -3.43. The number of alkyl carbamates (subject to hydrolysis) is 1. The van der Waals surface area contributed by atoms with Gasteiger partial charge in [0.25, 0.3) is 0 Å². The van der Waals surface area contributed by atoms with Crippen molar-refractivity contribution in [2.24, 2.45) is 0 Å². The van der Waals surface area contributed by atoms with Crippen LogP contribution in [-0.2, 0) is 19.1 Å². The molecule has 0 aromatic heterocycles. The number of ether oxygens (including phenoxy) is 2. The lowest BCUT2D eigenvalue weighted by molar-refractivity contribution is -0.156. The zero-order valence-corrected chi connectivity index (χ0v) is 17.7. The van der Waals surface area contributed by atoms with Gasteiger partial charge in [0.1, 0.15) is 13.2 Å². The third kappa shape index (κ3) is 5.63. The summed E-state index contributed by atoms with van der Waals surface area (Å²) in [5, 5.41) is 23.1. The molecular weight excluding hydrogens is 416 g/mol. The molecule has 2 amide bonds. The van der Waals surface area contributed by atoms with Crippen molar-refractivity contribution < 1.29 is 34.1 Å². The van der Waals surface area contributed by atoms with Crippen LogP contribution in [0.4, 0.5) is 4.79 Å². The van der Waals surface area contributed by atoms with Crippen LogP contribution in [0.5, 0.6) is 0 Å². The van der Waals surface area contributed by atoms with Crippen molar-refractivity contribution in [1.82, 2.24) is 10.6 Å². The summed E-state index contributed by atoms with van der Waals surface area (Å²) in [6.07, 6.45) is -0.586. The molecule has 1 aliphatic carbocycles. The van der Waals surface area contributed by atoms with Crippen LogP contribution in [0, 0.1) is 0 Å². The molecule has 0 radical (unpaired) electrons. The van der Waals surface area contributed by atoms with Gasteiger partial charge in [-0.15, -0.1) is 0 Å². The van der Waals surface area contributed by atoms with Crippen LogP contribution in [0.2, 0.25) is 0 Å². The van der Waals surface area contributed by atoms with E-state index in [0.29, 0.717) is 0 Å². The van der Waals surface area contributed by atoms with E-state index in [1.165, 1.54) is 0 Å². The third-order valence-electron chi connectivity index (χ3n) is 5.18. The number of hydrogen-bond donors (Lipinski definition) is 4. The average molecular weight is 442 g/mol. The monoisotopic (exact) mass is 442 g/mol. The summed E-state index contributed by atoms with van der Waals surface area (Å²) in [5.74, 6) is -2.05. The molecule has 0 fully saturated rings. The number of carbonyl (C=O) groups excluding carboxylic acids is 2. The van der Waals surface area contributed by atoms with Crippen molar-refractivity contribution >= 4 is 18.0 Å². The molecule has 32 heavy (non-hydrogen) atoms. The molecule has 3 rings (SSSR count). The van der Waals surface area contributed by atoms with Crippen LogP contribution in [0.1, 0.15) is 24.0 Å². The second-order valence-corrected chi connectivity index (χ2v) is 7.66. The smallest absolute Gasteiger partial charge is 0.407 e. The first-order valence-electron chi connectivity index (χ1n) is 10.2. The van der Waals surface area contributed by atoms with Crippen molar-refractivity contribution in [3.05, 3.63) is 59.7 Å². The first-order chi connectivity index (χ1) is 15.3. The zero-order chi connectivity index (χ0) is 23.1. The number of nitrogens with one attached hydrogen (secondary N) is 2. The van der Waals surface area contributed by atoms with E-state index in [1.54, 1.807) is 0 Å². The van der Waals surface area contributed by atoms with Gasteiger partial charge >= 0.3 is 12.1 Å². The highest BCUT2D eigenvalue weighted by molar-refractivity contribution is 5.81. The lowest BCUT2D eigenvalue weighted by Crippen LogP contribution is -2.47. The number of benzene rings is 2. The molecule has 170 valence electrons. The van der Waals surface area contributed by atoms with Gasteiger partial charge in [0.15, 0.2) is 5.60 Å². The molecule has 0 bridgehead atoms. The number of hydrogen-bond acceptors (Lipinski definition) is 6. The van der Waals surface area contributed by atoms with Gasteiger partial charge in [-0.05, 0) is 29.2 Å². The summed E-state index contributed by atoms with van der Waals surface area (Å²) >= 11 is 0. The number of aliphatic hydroxyl groups is 1. The molecule has 9 heteroatoms. The minimum atomic E-state index is -2.05. The Morgan fingerprint density at radius 1 is 1.00 bits per heavy atom. The molecule has 0 saturated heterocycles. The Bertz CT molecular complexity index is 944. The van der Waals surface area contributed by atoms with Crippen molar-refractivity contribution in [1.29, 1.82) is 0 Å². The number of amides is 2. The second-order valence-electron chi connectivity index (χ2n) is 7.66. The fourth-order valence-electron chi connectivity index (χ4n) is 3.44. The molecule has 4 N–H and O–H groups in total. The van der Waals surface area contributed by atoms with E-state index >= 15 is 0 Å². The predicted molar refractivity (Wildman–Crippen MR) is 115 cm³/mol. The summed E-state index contributed by atoms with van der Waals surface area (Å²) in [6.45, 7) is 0.704. The van der Waals surface area contributed by atoms with Crippen LogP contribution < -0.4 is 10.6 Å². The topological polar surface area (TPSA) is 134 Å². The first kappa shape index (κ1) is 23.2. The van der Waals surface area contributed by atoms with Crippen LogP contribution >= 0.6 is 0 Å². The van der Waals surface area contributed by atoms with Gasteiger partial charge in [-0.3, -0.25) is 4.79 Å². The molecular formula is C23H26N2O7. The maximum atomic E-state index is 12.0. The number of carbonyl (C=O) groups is 3. The van der Waals surface area contributed by atoms with Crippen molar-refractivity contribution in [3.8, 4) is 11.1 Å². The maximum absolute atomic E-state index is 12.0. The number of fused-ring (bicyclic) bond motifs is 3. The highest BCUT2D eigenvalue weighted by Crippen LogP contribution is 2.44. The number of carboxylic acids is 1. The Morgan fingerprint density at radius 3 is 2.19 bits per heavy atom. The van der Waals surface area contributed by atoms with Crippen molar-refractivity contribution in [3.63, 3.8) is 0 Å². The average Bonchev–Trinajstić information content (AvgIpc) is 3.10. The highest BCUT2D eigenvalue weighted by atomic mass is 16.5. The fourth-order valence-corrected chi connectivity index (χ4v) is 3.44. The summed E-state index contributed by atoms with van der Waals surface area (Å²) in [6, 6.07) is 16.1. The van der Waals surface area contributed by atoms with Gasteiger partial charge in [0.05, 0.1) is 13.2 Å². The van der Waals surface area contributed by atoms with E-state index in [1.807, 2.05) is 36.4 Å². The summed E-state index contributed by atoms with van der Waals surface area (Å²) < 4.78 is 10.5. The van der Waals surface area contributed by atoms with Crippen LogP contribution in [-0.4, -0.2) is 66.7 Å². The van der Waals surface area contributed by atoms with Crippen molar-refractivity contribution in [2.75, 3.05) is 32.9 Å². The quantitative estimate of drug-likeness (QED) is 0.410. The minimum Gasteiger partial charge on any atom is -0.479 e. The van der Waals surface area contributed by atoms with Crippen LogP contribution in [0.15, 0.2) is 48.5 Å². The van der Waals surface area contributed by atoms with E-state index in [2.05, 4.69) is 22.8 Å². The molecule has 9 nitrogen and oxygen atoms in total. The van der Waals surface area contributed by atoms with E-state index < -0.39 is 30.1 Å². The lowest BCUT2D eigenvalue weighted by Gasteiger charge is -2.18. The lowest BCUT2D eigenvalue weighted by atomic mass is 9.98. The number of carboxylic acid groups (broad SMARTS) is 1. The SMILES string of the molecule is CC(O)(CNC(=O)COCCNC(=O)OCC1c2ccccc2-c2ccccc21)C(=O)O. The Labute approximate surface area is 185 Å². The largest absolute Gasteiger partial charge is 0.479 e. The Balaban J connectivity index is 1.36. The number of rotatable bonds is 10. The van der Waals surface area contributed by atoms with Crippen LogP contribution in [0.3, 0.4) is 0 Å². The third-order valence-corrected chi connectivity index (χ3v) is 5.18. The molecule has 1 atom stereocenters. The minimum absolute atomic E-state index is 0.0314. The first-order valence-corrected chi connectivity index (χ1v) is 10.2. The standard InChI is InChI=1S/C23H26N2O7/c1-23(30,21(27)28)14-25-20(26)13-31-11-10-24-22(29)32-12-19-17-8-4-2-6-15(17)16-7-3-5-9-18(16)19/h2-9,19,30H,10-14H2,1H3,(H,24,29)(H,25,26)(H,27,28). The van der Waals surface area contributed by atoms with Gasteiger partial charge in [-0.25, -0.2) is 9.59 Å². The molecule has 0 heterocycles. The highest BCUT2D eigenvalue weighted by Gasteiger charge is 2.30. The fraction of sp³-hybridized carbons (Fsp3) is 0.348. The molecule has 0 aliphatic heterocycles. The summed E-state index contributed by atoms with van der Waals surface area (Å²) in [7, 11) is 0. The molecule has 0 saturated carbocycles. The van der Waals surface area contributed by atoms with Crippen molar-refractivity contribution in [2.45, 2.75) is 18.4 Å². The maximum Gasteiger partial charge on any atom is 0.407 e. The second kappa shape index (κ2) is 10.3. The van der Waals surface area contributed by atoms with E-state index in [0.717, 1.165) is 29.2 Å². The predicted octanol–water partition coefficient (Wildman–Crippen LogP) is 1.49. The molecule has 1 aliphatic rings. The molecule has 1 unspecified atom stereocenters. The van der Waals surface area contributed by atoms with E-state index in [9.17, 15) is 19.5 Å². The molecule has 2 aromatic carbocycles. The van der Waals surface area contributed by atoms with Gasteiger partial charge in [-0.2, -0.15) is 0 Å². The Morgan fingerprint density at radius 2 is 1.59 bits per heavy atom. The van der Waals surface area contributed by atoms with E-state index in [-0.39, 0.29) is 32.3 Å². The van der Waals surface area contributed by atoms with E-state index in [4.69, 9.17) is 14.6 Å². The van der Waals surface area contributed by atoms with Gasteiger partial charge in [-0.1, -0.05) is 48.5 Å². The van der Waals surface area contributed by atoms with Gasteiger partial charge in [0, 0.05) is 12.5 Å².